The van der Waals surface area contributed by atoms with Crippen molar-refractivity contribution in [1.29, 1.82) is 0 Å². The van der Waals surface area contributed by atoms with Gasteiger partial charge in [0, 0.05) is 32.0 Å². The number of guanidine groups is 1. The van der Waals surface area contributed by atoms with Crippen LogP contribution in [0.4, 0.5) is 8.78 Å². The number of likely N-dealkylation sites (tertiary alicyclic amines) is 1. The molecule has 26 heavy (non-hydrogen) atoms. The topological polar surface area (TPSA) is 45.5 Å². The molecule has 0 atom stereocenters. The highest BCUT2D eigenvalue weighted by Gasteiger charge is 2.36. The molecule has 1 N–H and O–H groups in total. The average Bonchev–Trinajstić information content (AvgIpc) is 3.00. The summed E-state index contributed by atoms with van der Waals surface area (Å²) in [5.41, 5.74) is 0.409. The maximum Gasteiger partial charge on any atom is 0.319 e. The molecule has 5 nitrogen and oxygen atoms in total. The number of aliphatic imine (C=N–C) groups is 1. The van der Waals surface area contributed by atoms with Crippen molar-refractivity contribution in [2.75, 3.05) is 19.6 Å². The van der Waals surface area contributed by atoms with E-state index in [-0.39, 0.29) is 6.54 Å². The van der Waals surface area contributed by atoms with Gasteiger partial charge < -0.3 is 10.2 Å². The van der Waals surface area contributed by atoms with Crippen LogP contribution in [0.1, 0.15) is 70.7 Å². The Morgan fingerprint density at radius 1 is 1.23 bits per heavy atom. The summed E-state index contributed by atoms with van der Waals surface area (Å²) in [6.45, 7) is 2.42. The Hall–Kier alpha value is -1.66. The van der Waals surface area contributed by atoms with E-state index < -0.39 is 6.55 Å². The van der Waals surface area contributed by atoms with E-state index in [1.807, 2.05) is 6.92 Å². The summed E-state index contributed by atoms with van der Waals surface area (Å²) in [6.07, 6.45) is 13.2. The highest BCUT2D eigenvalue weighted by molar-refractivity contribution is 5.80. The van der Waals surface area contributed by atoms with E-state index in [0.29, 0.717) is 11.2 Å². The predicted octanol–water partition coefficient (Wildman–Crippen LogP) is 4.18. The zero-order valence-corrected chi connectivity index (χ0v) is 15.8. The van der Waals surface area contributed by atoms with Crippen LogP contribution < -0.4 is 5.32 Å². The third kappa shape index (κ3) is 4.54. The smallest absolute Gasteiger partial charge is 0.319 e. The van der Waals surface area contributed by atoms with Gasteiger partial charge in [-0.2, -0.15) is 8.78 Å². The third-order valence-electron chi connectivity index (χ3n) is 5.79. The lowest BCUT2D eigenvalue weighted by atomic mass is 9.74. The third-order valence-corrected chi connectivity index (χ3v) is 5.79. The number of nitrogens with zero attached hydrogens (tertiary/aromatic N) is 4. The molecule has 0 bridgehead atoms. The second-order valence-corrected chi connectivity index (χ2v) is 7.64. The van der Waals surface area contributed by atoms with E-state index in [2.05, 4.69) is 20.2 Å². The van der Waals surface area contributed by atoms with Gasteiger partial charge in [-0.1, -0.05) is 25.7 Å². The highest BCUT2D eigenvalue weighted by Crippen LogP contribution is 2.42. The van der Waals surface area contributed by atoms with Gasteiger partial charge in [-0.25, -0.2) is 9.98 Å². The Morgan fingerprint density at radius 2 is 1.96 bits per heavy atom. The predicted molar refractivity (Wildman–Crippen MR) is 99.2 cm³/mol. The van der Waals surface area contributed by atoms with Crippen molar-refractivity contribution >= 4 is 5.96 Å². The Balaban J connectivity index is 1.72. The lowest BCUT2D eigenvalue weighted by Crippen LogP contribution is -2.50. The molecule has 1 aliphatic heterocycles. The summed E-state index contributed by atoms with van der Waals surface area (Å²) in [4.78, 5) is 11.0. The Morgan fingerprint density at radius 3 is 2.65 bits per heavy atom. The monoisotopic (exact) mass is 367 g/mol. The van der Waals surface area contributed by atoms with Crippen molar-refractivity contribution in [1.82, 2.24) is 19.8 Å². The van der Waals surface area contributed by atoms with Gasteiger partial charge in [0.15, 0.2) is 5.96 Å². The van der Waals surface area contributed by atoms with Crippen LogP contribution >= 0.6 is 0 Å². The first-order chi connectivity index (χ1) is 12.6. The first-order valence-corrected chi connectivity index (χ1v) is 9.97. The van der Waals surface area contributed by atoms with Crippen LogP contribution in [0.2, 0.25) is 0 Å². The molecule has 0 radical (unpaired) electrons. The second kappa shape index (κ2) is 8.82. The summed E-state index contributed by atoms with van der Waals surface area (Å²) >= 11 is 0. The van der Waals surface area contributed by atoms with Crippen LogP contribution in [0.3, 0.4) is 0 Å². The molecule has 2 heterocycles. The molecule has 1 spiro atoms. The molecule has 1 aliphatic carbocycles. The highest BCUT2D eigenvalue weighted by atomic mass is 19.3. The number of rotatable bonds is 4. The number of aromatic nitrogens is 2. The van der Waals surface area contributed by atoms with Gasteiger partial charge >= 0.3 is 6.55 Å². The summed E-state index contributed by atoms with van der Waals surface area (Å²) < 4.78 is 26.9. The number of imidazole rings is 1. The number of nitrogens with one attached hydrogen (secondary N) is 1. The molecule has 0 unspecified atom stereocenters. The molecule has 2 fully saturated rings. The minimum atomic E-state index is -2.57. The second-order valence-electron chi connectivity index (χ2n) is 7.64. The quantitative estimate of drug-likeness (QED) is 0.641. The summed E-state index contributed by atoms with van der Waals surface area (Å²) in [5, 5.41) is 3.35. The van der Waals surface area contributed by atoms with E-state index in [0.717, 1.165) is 30.2 Å². The minimum absolute atomic E-state index is 0.170. The molecule has 2 aliphatic rings. The van der Waals surface area contributed by atoms with Crippen molar-refractivity contribution in [2.24, 2.45) is 10.4 Å². The summed E-state index contributed by atoms with van der Waals surface area (Å²) in [7, 11) is 0. The standard InChI is InChI=1S/C19H31F2N5/c1-2-22-18(24-14-16-23-11-13-26(16)17(20)21)25-12-7-10-19(15-25)8-5-3-4-6-9-19/h11,13,17H,2-10,12,14-15H2,1H3,(H,22,24). The molecule has 1 saturated heterocycles. The molecular formula is C19H31F2N5. The first kappa shape index (κ1) is 19.1. The van der Waals surface area contributed by atoms with E-state index >= 15 is 0 Å². The van der Waals surface area contributed by atoms with Gasteiger partial charge in [0.1, 0.15) is 12.4 Å². The average molecular weight is 367 g/mol. The molecule has 7 heteroatoms. The molecule has 1 saturated carbocycles. The lowest BCUT2D eigenvalue weighted by molar-refractivity contribution is 0.0670. The van der Waals surface area contributed by atoms with Crippen LogP contribution in [0.15, 0.2) is 17.4 Å². The van der Waals surface area contributed by atoms with Gasteiger partial charge in [-0.15, -0.1) is 0 Å². The number of alkyl halides is 2. The largest absolute Gasteiger partial charge is 0.357 e. The fourth-order valence-corrected chi connectivity index (χ4v) is 4.49. The molecule has 1 aromatic rings. The molecule has 146 valence electrons. The molecule has 0 amide bonds. The first-order valence-electron chi connectivity index (χ1n) is 9.97. The SMILES string of the molecule is CCNC(=NCc1nccn1C(F)F)N1CCCC2(CCCCCC2)C1. The number of halogens is 2. The van der Waals surface area contributed by atoms with Gasteiger partial charge in [0.25, 0.3) is 0 Å². The lowest BCUT2D eigenvalue weighted by Gasteiger charge is -2.44. The van der Waals surface area contributed by atoms with E-state index in [1.165, 1.54) is 63.8 Å². The fraction of sp³-hybridized carbons (Fsp3) is 0.789. The van der Waals surface area contributed by atoms with E-state index in [1.54, 1.807) is 0 Å². The summed E-state index contributed by atoms with van der Waals surface area (Å²) in [6, 6.07) is 0. The zero-order valence-electron chi connectivity index (χ0n) is 15.8. The normalized spacial score (nSPS) is 21.2. The van der Waals surface area contributed by atoms with E-state index in [9.17, 15) is 8.78 Å². The molecule has 1 aromatic heterocycles. The maximum absolute atomic E-state index is 13.0. The van der Waals surface area contributed by atoms with Gasteiger partial charge in [-0.05, 0) is 38.0 Å². The fourth-order valence-electron chi connectivity index (χ4n) is 4.49. The molecule has 0 aromatic carbocycles. The van der Waals surface area contributed by atoms with Crippen molar-refractivity contribution in [3.05, 3.63) is 18.2 Å². The van der Waals surface area contributed by atoms with Gasteiger partial charge in [-0.3, -0.25) is 4.57 Å². The number of piperidine rings is 1. The Bertz CT molecular complexity index is 591. The Kier molecular flexibility index (Phi) is 6.48. The van der Waals surface area contributed by atoms with Crippen LogP contribution in [-0.2, 0) is 6.54 Å². The van der Waals surface area contributed by atoms with Crippen LogP contribution in [0, 0.1) is 5.41 Å². The van der Waals surface area contributed by atoms with Gasteiger partial charge in [0.05, 0.1) is 0 Å². The number of hydrogen-bond acceptors (Lipinski definition) is 2. The van der Waals surface area contributed by atoms with Crippen molar-refractivity contribution in [3.8, 4) is 0 Å². The minimum Gasteiger partial charge on any atom is -0.357 e. The maximum atomic E-state index is 13.0. The summed E-state index contributed by atoms with van der Waals surface area (Å²) in [5.74, 6) is 1.14. The molecule has 3 rings (SSSR count). The van der Waals surface area contributed by atoms with Gasteiger partial charge in [0.2, 0.25) is 0 Å². The van der Waals surface area contributed by atoms with Crippen LogP contribution in [0.5, 0.6) is 0 Å². The van der Waals surface area contributed by atoms with Crippen molar-refractivity contribution in [3.63, 3.8) is 0 Å². The molecular weight excluding hydrogens is 336 g/mol. The van der Waals surface area contributed by atoms with E-state index in [4.69, 9.17) is 0 Å². The Labute approximate surface area is 154 Å². The van der Waals surface area contributed by atoms with Crippen LogP contribution in [-0.4, -0.2) is 40.0 Å². The van der Waals surface area contributed by atoms with Crippen molar-refractivity contribution < 1.29 is 8.78 Å². The zero-order chi connectivity index (χ0) is 18.4. The van der Waals surface area contributed by atoms with Crippen molar-refractivity contribution in [2.45, 2.75) is 71.4 Å². The number of hydrogen-bond donors (Lipinski definition) is 1. The van der Waals surface area contributed by atoms with Crippen LogP contribution in [0.25, 0.3) is 0 Å².